The summed E-state index contributed by atoms with van der Waals surface area (Å²) in [5, 5.41) is 6.45. The lowest BCUT2D eigenvalue weighted by atomic mass is 9.82. The number of piperazine rings is 1. The number of thioether (sulfide) groups is 1. The van der Waals surface area contributed by atoms with Gasteiger partial charge in [0, 0.05) is 43.1 Å². The molecule has 0 unspecified atom stereocenters. The van der Waals surface area contributed by atoms with Crippen molar-refractivity contribution in [1.29, 1.82) is 0 Å². The molecule has 0 bridgehead atoms. The number of Topliss-reactive ketones (excluding diaryl/α,β-unsaturated/α-hetero) is 2. The fourth-order valence-corrected chi connectivity index (χ4v) is 5.09. The quantitative estimate of drug-likeness (QED) is 0.285. The molecule has 4 atom stereocenters. The Morgan fingerprint density at radius 2 is 2.18 bits per heavy atom. The number of rotatable bonds is 7. The van der Waals surface area contributed by atoms with E-state index in [2.05, 4.69) is 10.6 Å². The molecule has 0 aromatic carbocycles. The highest BCUT2D eigenvalue weighted by Crippen LogP contribution is 2.55. The summed E-state index contributed by atoms with van der Waals surface area (Å²) < 4.78 is 11.0. The number of allylic oxidation sites excluding steroid dienone is 2. The minimum Gasteiger partial charge on any atom is -0.449 e. The van der Waals surface area contributed by atoms with E-state index in [-0.39, 0.29) is 30.3 Å². The molecule has 2 fully saturated rings. The molecule has 3 heterocycles. The standard InChI is InChI=1S/C18H24N4O5S/c1-8-12(20-4-5-28-3)15(24)11-9(7-27-17(19)25)18(26-2)16-10(21-16)6-22(18)13(11)14(8)23/h9-10,16,20-21H,4-7H2,1-3H3,(H2,19,25)/t9-,10+,16+,18-/m1/s1. The molecule has 10 heteroatoms. The van der Waals surface area contributed by atoms with Crippen molar-refractivity contribution < 1.29 is 23.9 Å². The Morgan fingerprint density at radius 1 is 1.43 bits per heavy atom. The van der Waals surface area contributed by atoms with E-state index in [1.807, 2.05) is 11.2 Å². The normalized spacial score (nSPS) is 33.1. The van der Waals surface area contributed by atoms with Gasteiger partial charge in [-0.1, -0.05) is 0 Å². The van der Waals surface area contributed by atoms with Crippen LogP contribution < -0.4 is 16.4 Å². The lowest BCUT2D eigenvalue weighted by Crippen LogP contribution is -2.55. The number of methoxy groups -OCH3 is 1. The average molecular weight is 408 g/mol. The monoisotopic (exact) mass is 408 g/mol. The van der Waals surface area contributed by atoms with Crippen LogP contribution in [0, 0.1) is 5.92 Å². The minimum atomic E-state index is -0.939. The summed E-state index contributed by atoms with van der Waals surface area (Å²) in [6, 6.07) is 0.136. The number of carbonyl (C=O) groups excluding carboxylic acids is 3. The van der Waals surface area contributed by atoms with Gasteiger partial charge in [-0.15, -0.1) is 0 Å². The van der Waals surface area contributed by atoms with E-state index in [4.69, 9.17) is 15.2 Å². The molecule has 0 saturated carbocycles. The zero-order valence-corrected chi connectivity index (χ0v) is 16.9. The third kappa shape index (κ3) is 2.51. The van der Waals surface area contributed by atoms with Gasteiger partial charge in [0.15, 0.2) is 5.72 Å². The number of amides is 1. The fourth-order valence-electron chi connectivity index (χ4n) is 4.78. The Labute approximate surface area is 167 Å². The van der Waals surface area contributed by atoms with E-state index in [1.165, 1.54) is 0 Å². The van der Waals surface area contributed by atoms with E-state index >= 15 is 0 Å². The molecule has 4 N–H and O–H groups in total. The lowest BCUT2D eigenvalue weighted by Gasteiger charge is -2.39. The van der Waals surface area contributed by atoms with Crippen LogP contribution in [0.1, 0.15) is 6.92 Å². The van der Waals surface area contributed by atoms with E-state index < -0.39 is 17.7 Å². The topological polar surface area (TPSA) is 133 Å². The van der Waals surface area contributed by atoms with Crippen molar-refractivity contribution in [3.8, 4) is 0 Å². The first-order valence-electron chi connectivity index (χ1n) is 9.16. The summed E-state index contributed by atoms with van der Waals surface area (Å²) in [4.78, 5) is 39.8. The second-order valence-electron chi connectivity index (χ2n) is 7.34. The van der Waals surface area contributed by atoms with Gasteiger partial charge in [-0.05, 0) is 13.2 Å². The first kappa shape index (κ1) is 19.3. The average Bonchev–Trinajstić information content (AvgIpc) is 3.27. The minimum absolute atomic E-state index is 0.0432. The van der Waals surface area contributed by atoms with E-state index in [0.29, 0.717) is 35.6 Å². The molecule has 3 aliphatic heterocycles. The number of primary amides is 1. The lowest BCUT2D eigenvalue weighted by molar-refractivity contribution is -0.137. The summed E-state index contributed by atoms with van der Waals surface area (Å²) in [5.41, 5.74) is 5.66. The summed E-state index contributed by atoms with van der Waals surface area (Å²) in [6.07, 6.45) is 1.05. The second kappa shape index (κ2) is 6.78. The van der Waals surface area contributed by atoms with Crippen molar-refractivity contribution in [3.63, 3.8) is 0 Å². The van der Waals surface area contributed by atoms with Crippen LogP contribution in [-0.4, -0.2) is 79.2 Å². The maximum Gasteiger partial charge on any atom is 0.404 e. The Bertz CT molecular complexity index is 825. The van der Waals surface area contributed by atoms with Crippen LogP contribution >= 0.6 is 11.8 Å². The van der Waals surface area contributed by atoms with E-state index in [1.54, 1.807) is 25.8 Å². The molecule has 4 aliphatic rings. The van der Waals surface area contributed by atoms with E-state index in [0.717, 1.165) is 5.75 Å². The number of nitrogens with zero attached hydrogens (tertiary/aromatic N) is 1. The van der Waals surface area contributed by atoms with Crippen LogP contribution in [0.4, 0.5) is 4.79 Å². The first-order valence-corrected chi connectivity index (χ1v) is 10.6. The molecule has 9 nitrogen and oxygen atoms in total. The van der Waals surface area contributed by atoms with Gasteiger partial charge in [-0.25, -0.2) is 4.79 Å². The van der Waals surface area contributed by atoms with Crippen molar-refractivity contribution in [2.24, 2.45) is 11.7 Å². The molecule has 152 valence electrons. The molecular formula is C18H24N4O5S. The van der Waals surface area contributed by atoms with Crippen LogP contribution in [0.5, 0.6) is 0 Å². The number of hydrogen-bond acceptors (Lipinski definition) is 9. The number of nitrogens with two attached hydrogens (primary N) is 1. The first-order chi connectivity index (χ1) is 13.4. The predicted octanol–water partition coefficient (Wildman–Crippen LogP) is -0.657. The second-order valence-corrected chi connectivity index (χ2v) is 8.33. The summed E-state index contributed by atoms with van der Waals surface area (Å²) in [6.45, 7) is 2.68. The Hall–Kier alpha value is -2.04. The van der Waals surface area contributed by atoms with E-state index in [9.17, 15) is 14.4 Å². The molecule has 0 aromatic heterocycles. The molecule has 0 aromatic rings. The number of fused-ring (bicyclic) bond motifs is 4. The van der Waals surface area contributed by atoms with Crippen molar-refractivity contribution in [2.75, 3.05) is 38.8 Å². The third-order valence-corrected chi connectivity index (χ3v) is 6.65. The molecule has 0 spiro atoms. The number of carbonyl (C=O) groups is 3. The summed E-state index contributed by atoms with van der Waals surface area (Å²) >= 11 is 1.65. The summed E-state index contributed by atoms with van der Waals surface area (Å²) in [7, 11) is 1.55. The Kier molecular flexibility index (Phi) is 4.67. The molecular weight excluding hydrogens is 384 g/mol. The van der Waals surface area contributed by atoms with Crippen LogP contribution in [0.2, 0.25) is 0 Å². The fraction of sp³-hybridized carbons (Fsp3) is 0.611. The molecule has 1 amide bonds. The van der Waals surface area contributed by atoms with Crippen LogP contribution in [0.3, 0.4) is 0 Å². The van der Waals surface area contributed by atoms with Crippen molar-refractivity contribution in [1.82, 2.24) is 15.5 Å². The highest BCUT2D eigenvalue weighted by molar-refractivity contribution is 7.98. The zero-order chi connectivity index (χ0) is 20.2. The van der Waals surface area contributed by atoms with Gasteiger partial charge >= 0.3 is 6.09 Å². The summed E-state index contributed by atoms with van der Waals surface area (Å²) in [5.74, 6) is -0.230. The van der Waals surface area contributed by atoms with Gasteiger partial charge in [0.2, 0.25) is 11.6 Å². The largest absolute Gasteiger partial charge is 0.449 e. The van der Waals surface area contributed by atoms with Gasteiger partial charge in [0.05, 0.1) is 23.4 Å². The number of ketones is 2. The van der Waals surface area contributed by atoms with Gasteiger partial charge in [0.25, 0.3) is 0 Å². The van der Waals surface area contributed by atoms with Crippen molar-refractivity contribution >= 4 is 29.4 Å². The molecule has 2 saturated heterocycles. The Balaban J connectivity index is 1.74. The van der Waals surface area contributed by atoms with Gasteiger partial charge < -0.3 is 30.7 Å². The third-order valence-electron chi connectivity index (χ3n) is 6.04. The highest BCUT2D eigenvalue weighted by Gasteiger charge is 2.72. The number of nitrogens with one attached hydrogen (secondary N) is 2. The van der Waals surface area contributed by atoms with Crippen LogP contribution in [0.15, 0.2) is 22.5 Å². The number of hydrogen-bond donors (Lipinski definition) is 3. The van der Waals surface area contributed by atoms with Crippen LogP contribution in [0.25, 0.3) is 0 Å². The Morgan fingerprint density at radius 3 is 2.82 bits per heavy atom. The molecule has 28 heavy (non-hydrogen) atoms. The zero-order valence-electron chi connectivity index (χ0n) is 16.0. The maximum absolute atomic E-state index is 13.4. The van der Waals surface area contributed by atoms with Crippen LogP contribution in [-0.2, 0) is 19.1 Å². The van der Waals surface area contributed by atoms with Gasteiger partial charge in [-0.2, -0.15) is 11.8 Å². The van der Waals surface area contributed by atoms with Crippen molar-refractivity contribution in [3.05, 3.63) is 22.5 Å². The van der Waals surface area contributed by atoms with Gasteiger partial charge in [0.1, 0.15) is 6.61 Å². The SMILES string of the molecule is CO[C@@]12[C@H](COC(N)=O)C3=C(C(=O)C(C)=C(NCCSC)C3=O)N1C[C@@H]1N[C@@H]12. The van der Waals surface area contributed by atoms with Gasteiger partial charge in [-0.3, -0.25) is 9.59 Å². The predicted molar refractivity (Wildman–Crippen MR) is 102 cm³/mol. The smallest absolute Gasteiger partial charge is 0.404 e. The van der Waals surface area contributed by atoms with Crippen molar-refractivity contribution in [2.45, 2.75) is 24.7 Å². The maximum atomic E-state index is 13.4. The number of ether oxygens (including phenoxy) is 2. The molecule has 1 aliphatic carbocycles. The molecule has 4 rings (SSSR count). The molecule has 0 radical (unpaired) electrons. The highest BCUT2D eigenvalue weighted by atomic mass is 32.2.